The van der Waals surface area contributed by atoms with Crippen molar-refractivity contribution in [2.45, 2.75) is 29.8 Å². The topological polar surface area (TPSA) is 67.4 Å². The number of rotatable bonds is 4. The fraction of sp³-hybridized carbons (Fsp3) is 0.176. The summed E-state index contributed by atoms with van der Waals surface area (Å²) in [5, 5.41) is 21.3. The van der Waals surface area contributed by atoms with Crippen LogP contribution in [0.4, 0.5) is 4.39 Å². The van der Waals surface area contributed by atoms with Gasteiger partial charge in [0.25, 0.3) is 0 Å². The molecular formula is C17H14FN5S. The van der Waals surface area contributed by atoms with E-state index in [-0.39, 0.29) is 5.56 Å². The number of nitriles is 1. The van der Waals surface area contributed by atoms with Crippen molar-refractivity contribution < 1.29 is 4.39 Å². The summed E-state index contributed by atoms with van der Waals surface area (Å²) in [5.74, 6) is -0.116. The van der Waals surface area contributed by atoms with Gasteiger partial charge in [0.15, 0.2) is 0 Å². The molecule has 7 heteroatoms. The first-order valence-corrected chi connectivity index (χ1v) is 8.17. The average molecular weight is 339 g/mol. The number of hydrogen-bond acceptors (Lipinski definition) is 5. The lowest BCUT2D eigenvalue weighted by molar-refractivity contribution is 0.619. The largest absolute Gasteiger partial charge is 0.218 e. The summed E-state index contributed by atoms with van der Waals surface area (Å²) >= 11 is 1.16. The van der Waals surface area contributed by atoms with Crippen LogP contribution < -0.4 is 0 Å². The van der Waals surface area contributed by atoms with E-state index in [9.17, 15) is 4.39 Å². The molecule has 1 aromatic heterocycles. The van der Waals surface area contributed by atoms with Crippen molar-refractivity contribution in [1.82, 2.24) is 20.2 Å². The van der Waals surface area contributed by atoms with Crippen LogP contribution in [0.2, 0.25) is 0 Å². The van der Waals surface area contributed by atoms with Crippen LogP contribution >= 0.6 is 11.8 Å². The molecule has 24 heavy (non-hydrogen) atoms. The molecule has 0 saturated carbocycles. The molecule has 3 aromatic rings. The third kappa shape index (κ3) is 3.14. The van der Waals surface area contributed by atoms with E-state index in [4.69, 9.17) is 5.26 Å². The quantitative estimate of drug-likeness (QED) is 0.720. The van der Waals surface area contributed by atoms with Gasteiger partial charge < -0.3 is 0 Å². The number of aromatic nitrogens is 4. The van der Waals surface area contributed by atoms with Gasteiger partial charge in [-0.1, -0.05) is 32.0 Å². The highest BCUT2D eigenvalue weighted by atomic mass is 32.2. The lowest BCUT2D eigenvalue weighted by atomic mass is 10.0. The highest BCUT2D eigenvalue weighted by Crippen LogP contribution is 2.31. The van der Waals surface area contributed by atoms with Crippen LogP contribution in [0.3, 0.4) is 0 Å². The Morgan fingerprint density at radius 3 is 2.58 bits per heavy atom. The summed E-state index contributed by atoms with van der Waals surface area (Å²) in [5.41, 5.74) is 2.02. The highest BCUT2D eigenvalue weighted by molar-refractivity contribution is 7.99. The maximum Gasteiger partial charge on any atom is 0.218 e. The normalized spacial score (nSPS) is 10.8. The van der Waals surface area contributed by atoms with Crippen LogP contribution in [0.25, 0.3) is 5.69 Å². The van der Waals surface area contributed by atoms with Crippen molar-refractivity contribution in [3.63, 3.8) is 0 Å². The molecule has 0 bridgehead atoms. The zero-order chi connectivity index (χ0) is 17.1. The minimum absolute atomic E-state index is 0.00722. The Hall–Kier alpha value is -2.72. The average Bonchev–Trinajstić information content (AvgIpc) is 3.03. The van der Waals surface area contributed by atoms with Gasteiger partial charge in [-0.3, -0.25) is 0 Å². The lowest BCUT2D eigenvalue weighted by Gasteiger charge is -2.08. The van der Waals surface area contributed by atoms with E-state index in [1.165, 1.54) is 11.6 Å². The number of nitrogens with zero attached hydrogens (tertiary/aromatic N) is 5. The maximum absolute atomic E-state index is 13.7. The summed E-state index contributed by atoms with van der Waals surface area (Å²) in [6, 6.07) is 14.3. The van der Waals surface area contributed by atoms with Crippen molar-refractivity contribution in [1.29, 1.82) is 5.26 Å². The second kappa shape index (κ2) is 6.81. The van der Waals surface area contributed by atoms with E-state index in [1.807, 2.05) is 30.3 Å². The molecular weight excluding hydrogens is 325 g/mol. The molecule has 0 atom stereocenters. The van der Waals surface area contributed by atoms with Crippen molar-refractivity contribution in [2.75, 3.05) is 0 Å². The molecule has 0 N–H and O–H groups in total. The van der Waals surface area contributed by atoms with E-state index in [0.717, 1.165) is 17.4 Å². The molecule has 0 aliphatic heterocycles. The van der Waals surface area contributed by atoms with E-state index >= 15 is 0 Å². The first-order valence-electron chi connectivity index (χ1n) is 7.35. The predicted octanol–water partition coefficient (Wildman–Crippen LogP) is 3.95. The summed E-state index contributed by atoms with van der Waals surface area (Å²) in [6.07, 6.45) is 0. The van der Waals surface area contributed by atoms with Gasteiger partial charge in [0.05, 0.1) is 5.69 Å². The van der Waals surface area contributed by atoms with Crippen LogP contribution in [0.1, 0.15) is 30.9 Å². The number of hydrogen-bond donors (Lipinski definition) is 0. The Balaban J connectivity index is 1.94. The van der Waals surface area contributed by atoms with E-state index in [2.05, 4.69) is 29.4 Å². The molecule has 0 aliphatic rings. The van der Waals surface area contributed by atoms with Gasteiger partial charge in [-0.15, -0.1) is 5.10 Å². The molecule has 2 aromatic carbocycles. The Morgan fingerprint density at radius 2 is 1.92 bits per heavy atom. The number of halogens is 1. The Bertz CT molecular complexity index is 896. The Kier molecular flexibility index (Phi) is 4.58. The minimum Gasteiger partial charge on any atom is -0.206 e. The molecule has 5 nitrogen and oxygen atoms in total. The Labute approximate surface area is 143 Å². The van der Waals surface area contributed by atoms with Gasteiger partial charge in [-0.25, -0.2) is 4.39 Å². The third-order valence-corrected chi connectivity index (χ3v) is 4.53. The molecule has 0 amide bonds. The van der Waals surface area contributed by atoms with Crippen molar-refractivity contribution in [3.05, 3.63) is 59.4 Å². The molecule has 0 spiro atoms. The van der Waals surface area contributed by atoms with Crippen molar-refractivity contribution in [3.8, 4) is 11.8 Å². The number of tetrazole rings is 1. The van der Waals surface area contributed by atoms with Gasteiger partial charge in [0.2, 0.25) is 5.16 Å². The molecule has 0 fully saturated rings. The van der Waals surface area contributed by atoms with Crippen molar-refractivity contribution in [2.24, 2.45) is 0 Å². The Morgan fingerprint density at radius 1 is 1.17 bits per heavy atom. The van der Waals surface area contributed by atoms with Crippen LogP contribution in [0, 0.1) is 17.1 Å². The molecule has 0 radical (unpaired) electrons. The zero-order valence-electron chi connectivity index (χ0n) is 13.1. The van der Waals surface area contributed by atoms with E-state index in [0.29, 0.717) is 16.0 Å². The summed E-state index contributed by atoms with van der Waals surface area (Å²) < 4.78 is 15.3. The summed E-state index contributed by atoms with van der Waals surface area (Å²) in [4.78, 5) is 0.479. The predicted molar refractivity (Wildman–Crippen MR) is 88.5 cm³/mol. The number of benzene rings is 2. The fourth-order valence-electron chi connectivity index (χ4n) is 2.20. The van der Waals surface area contributed by atoms with Gasteiger partial charge >= 0.3 is 0 Å². The van der Waals surface area contributed by atoms with Gasteiger partial charge in [-0.05, 0) is 57.9 Å². The maximum atomic E-state index is 13.7. The van der Waals surface area contributed by atoms with Gasteiger partial charge in [-0.2, -0.15) is 9.94 Å². The summed E-state index contributed by atoms with van der Waals surface area (Å²) in [7, 11) is 0. The lowest BCUT2D eigenvalue weighted by Crippen LogP contribution is -2.00. The fourth-order valence-corrected chi connectivity index (χ4v) is 3.10. The molecule has 0 aliphatic carbocycles. The second-order valence-electron chi connectivity index (χ2n) is 5.45. The van der Waals surface area contributed by atoms with Crippen LogP contribution in [0.15, 0.2) is 52.5 Å². The molecule has 0 saturated heterocycles. The molecule has 120 valence electrons. The highest BCUT2D eigenvalue weighted by Gasteiger charge is 2.15. The second-order valence-corrected chi connectivity index (χ2v) is 6.46. The first kappa shape index (κ1) is 16.1. The molecule has 1 heterocycles. The van der Waals surface area contributed by atoms with Crippen LogP contribution in [-0.2, 0) is 0 Å². The van der Waals surface area contributed by atoms with Crippen molar-refractivity contribution >= 4 is 11.8 Å². The van der Waals surface area contributed by atoms with E-state index < -0.39 is 5.82 Å². The summed E-state index contributed by atoms with van der Waals surface area (Å²) in [6.45, 7) is 4.25. The molecule has 0 unspecified atom stereocenters. The van der Waals surface area contributed by atoms with E-state index in [1.54, 1.807) is 16.8 Å². The van der Waals surface area contributed by atoms with Gasteiger partial charge in [0.1, 0.15) is 17.4 Å². The standard InChI is InChI=1S/C17H14FN5S/c1-11(2)12-6-8-13(9-7-12)23-17(20-21-22-23)24-16-5-3-4-15(18)14(16)10-19/h3-9,11H,1-2H3. The molecule has 3 rings (SSSR count). The minimum atomic E-state index is -0.553. The van der Waals surface area contributed by atoms with Crippen LogP contribution in [-0.4, -0.2) is 20.2 Å². The smallest absolute Gasteiger partial charge is 0.206 e. The monoisotopic (exact) mass is 339 g/mol. The zero-order valence-corrected chi connectivity index (χ0v) is 14.0. The SMILES string of the molecule is CC(C)c1ccc(-n2nnnc2Sc2cccc(F)c2C#N)cc1. The third-order valence-electron chi connectivity index (χ3n) is 3.53. The van der Waals surface area contributed by atoms with Crippen LogP contribution in [0.5, 0.6) is 0 Å². The first-order chi connectivity index (χ1) is 11.6. The van der Waals surface area contributed by atoms with Gasteiger partial charge in [0, 0.05) is 4.90 Å².